The van der Waals surface area contributed by atoms with Gasteiger partial charge in [-0.25, -0.2) is 0 Å². The molecule has 4 heteroatoms. The van der Waals surface area contributed by atoms with Gasteiger partial charge in [0.2, 0.25) is 5.91 Å². The van der Waals surface area contributed by atoms with Gasteiger partial charge in [-0.2, -0.15) is 0 Å². The number of benzene rings is 1. The third-order valence-corrected chi connectivity index (χ3v) is 3.14. The Bertz CT molecular complexity index is 403. The van der Waals surface area contributed by atoms with Crippen LogP contribution in [0.25, 0.3) is 0 Å². The number of aliphatic hydroxyl groups is 1. The maximum atomic E-state index is 10.9. The number of hydrogen-bond donors (Lipinski definition) is 3. The zero-order valence-corrected chi connectivity index (χ0v) is 12.0. The normalized spacial score (nSPS) is 13.9. The van der Waals surface area contributed by atoms with E-state index in [4.69, 9.17) is 0 Å². The number of amides is 1. The number of aliphatic hydroxyl groups excluding tert-OH is 1. The van der Waals surface area contributed by atoms with E-state index in [9.17, 15) is 9.90 Å². The first-order chi connectivity index (χ1) is 8.99. The lowest BCUT2D eigenvalue weighted by atomic mass is 9.97. The molecule has 0 heterocycles. The average Bonchev–Trinajstić information content (AvgIpc) is 2.38. The molecule has 1 aromatic carbocycles. The van der Waals surface area contributed by atoms with Gasteiger partial charge in [0, 0.05) is 24.7 Å². The molecule has 1 amide bonds. The van der Waals surface area contributed by atoms with Crippen LogP contribution in [0.2, 0.25) is 0 Å². The number of anilines is 1. The molecule has 1 rings (SSSR count). The van der Waals surface area contributed by atoms with Gasteiger partial charge in [-0.05, 0) is 31.0 Å². The molecule has 1 aromatic rings. The van der Waals surface area contributed by atoms with E-state index in [1.54, 1.807) is 0 Å². The van der Waals surface area contributed by atoms with Crippen LogP contribution >= 0.6 is 0 Å². The Labute approximate surface area is 115 Å². The minimum Gasteiger partial charge on any atom is -0.394 e. The first-order valence-corrected chi connectivity index (χ1v) is 6.71. The summed E-state index contributed by atoms with van der Waals surface area (Å²) in [6.07, 6.45) is 1.97. The zero-order chi connectivity index (χ0) is 14.3. The Morgan fingerprint density at radius 2 is 1.95 bits per heavy atom. The van der Waals surface area contributed by atoms with Gasteiger partial charge in [0.15, 0.2) is 0 Å². The summed E-state index contributed by atoms with van der Waals surface area (Å²) in [5, 5.41) is 15.6. The lowest BCUT2D eigenvalue weighted by Crippen LogP contribution is -2.45. The lowest BCUT2D eigenvalue weighted by Gasteiger charge is -2.28. The maximum absolute atomic E-state index is 10.9. The molecule has 0 fully saturated rings. The number of hydrogen-bond acceptors (Lipinski definition) is 3. The van der Waals surface area contributed by atoms with Crippen molar-refractivity contribution in [3.8, 4) is 0 Å². The second kappa shape index (κ2) is 7.26. The standard InChI is InChI=1S/C15H24N2O2/c1-4-9-15(3,11-18)16-10-13-5-7-14(8-6-13)17-12(2)19/h5-8,16,18H,4,9-11H2,1-3H3,(H,17,19). The Kier molecular flexibility index (Phi) is 5.99. The molecule has 0 aliphatic rings. The summed E-state index contributed by atoms with van der Waals surface area (Å²) in [5.74, 6) is -0.0679. The molecule has 0 spiro atoms. The van der Waals surface area contributed by atoms with Crippen molar-refractivity contribution in [1.29, 1.82) is 0 Å². The summed E-state index contributed by atoms with van der Waals surface area (Å²) in [5.41, 5.74) is 1.70. The molecule has 0 radical (unpaired) electrons. The smallest absolute Gasteiger partial charge is 0.221 e. The van der Waals surface area contributed by atoms with E-state index in [-0.39, 0.29) is 18.1 Å². The Balaban J connectivity index is 2.55. The SMILES string of the molecule is CCCC(C)(CO)NCc1ccc(NC(C)=O)cc1. The largest absolute Gasteiger partial charge is 0.394 e. The highest BCUT2D eigenvalue weighted by Crippen LogP contribution is 2.14. The Morgan fingerprint density at radius 1 is 1.32 bits per heavy atom. The van der Waals surface area contributed by atoms with Crippen molar-refractivity contribution in [3.05, 3.63) is 29.8 Å². The number of carbonyl (C=O) groups excluding carboxylic acids is 1. The quantitative estimate of drug-likeness (QED) is 0.708. The molecule has 4 nitrogen and oxygen atoms in total. The van der Waals surface area contributed by atoms with Crippen LogP contribution in [0.3, 0.4) is 0 Å². The molecule has 3 N–H and O–H groups in total. The van der Waals surface area contributed by atoms with Gasteiger partial charge in [-0.1, -0.05) is 25.5 Å². The number of rotatable bonds is 7. The van der Waals surface area contributed by atoms with Crippen molar-refractivity contribution < 1.29 is 9.90 Å². The molecule has 1 atom stereocenters. The lowest BCUT2D eigenvalue weighted by molar-refractivity contribution is -0.114. The third-order valence-electron chi connectivity index (χ3n) is 3.14. The van der Waals surface area contributed by atoms with E-state index in [2.05, 4.69) is 17.6 Å². The van der Waals surface area contributed by atoms with E-state index >= 15 is 0 Å². The van der Waals surface area contributed by atoms with Crippen LogP contribution in [0.4, 0.5) is 5.69 Å². The fourth-order valence-corrected chi connectivity index (χ4v) is 2.00. The molecule has 0 aliphatic heterocycles. The van der Waals surface area contributed by atoms with E-state index in [1.165, 1.54) is 6.92 Å². The van der Waals surface area contributed by atoms with Crippen molar-refractivity contribution in [2.24, 2.45) is 0 Å². The van der Waals surface area contributed by atoms with Crippen LogP contribution in [-0.2, 0) is 11.3 Å². The Morgan fingerprint density at radius 3 is 2.42 bits per heavy atom. The third kappa shape index (κ3) is 5.41. The van der Waals surface area contributed by atoms with Crippen molar-refractivity contribution in [1.82, 2.24) is 5.32 Å². The van der Waals surface area contributed by atoms with Gasteiger partial charge < -0.3 is 15.7 Å². The molecule has 0 saturated carbocycles. The first-order valence-electron chi connectivity index (χ1n) is 6.71. The summed E-state index contributed by atoms with van der Waals surface area (Å²) < 4.78 is 0. The number of nitrogens with one attached hydrogen (secondary N) is 2. The molecule has 19 heavy (non-hydrogen) atoms. The monoisotopic (exact) mass is 264 g/mol. The highest BCUT2D eigenvalue weighted by Gasteiger charge is 2.20. The molecular formula is C15H24N2O2. The number of carbonyl (C=O) groups is 1. The van der Waals surface area contributed by atoms with Crippen LogP contribution in [0, 0.1) is 0 Å². The average molecular weight is 264 g/mol. The van der Waals surface area contributed by atoms with E-state index in [0.717, 1.165) is 24.1 Å². The van der Waals surface area contributed by atoms with Crippen LogP contribution in [0.5, 0.6) is 0 Å². The summed E-state index contributed by atoms with van der Waals surface area (Å²) in [7, 11) is 0. The van der Waals surface area contributed by atoms with Gasteiger partial charge in [-0.15, -0.1) is 0 Å². The van der Waals surface area contributed by atoms with Crippen molar-refractivity contribution in [2.75, 3.05) is 11.9 Å². The summed E-state index contributed by atoms with van der Waals surface area (Å²) >= 11 is 0. The minimum atomic E-state index is -0.231. The molecule has 0 aromatic heterocycles. The predicted molar refractivity (Wildman–Crippen MR) is 78.0 cm³/mol. The first kappa shape index (κ1) is 15.7. The second-order valence-corrected chi connectivity index (χ2v) is 5.20. The van der Waals surface area contributed by atoms with Crippen molar-refractivity contribution in [3.63, 3.8) is 0 Å². The maximum Gasteiger partial charge on any atom is 0.221 e. The van der Waals surface area contributed by atoms with Gasteiger partial charge in [0.05, 0.1) is 6.61 Å². The summed E-state index contributed by atoms with van der Waals surface area (Å²) in [6, 6.07) is 7.72. The summed E-state index contributed by atoms with van der Waals surface area (Å²) in [4.78, 5) is 10.9. The summed E-state index contributed by atoms with van der Waals surface area (Å²) in [6.45, 7) is 6.47. The van der Waals surface area contributed by atoms with E-state index in [1.807, 2.05) is 31.2 Å². The Hall–Kier alpha value is -1.39. The van der Waals surface area contributed by atoms with Gasteiger partial charge in [-0.3, -0.25) is 4.79 Å². The zero-order valence-electron chi connectivity index (χ0n) is 12.0. The fourth-order valence-electron chi connectivity index (χ4n) is 2.00. The van der Waals surface area contributed by atoms with Crippen LogP contribution in [-0.4, -0.2) is 23.2 Å². The highest BCUT2D eigenvalue weighted by atomic mass is 16.3. The van der Waals surface area contributed by atoms with Gasteiger partial charge in [0.1, 0.15) is 0 Å². The van der Waals surface area contributed by atoms with Crippen LogP contribution in [0.1, 0.15) is 39.2 Å². The highest BCUT2D eigenvalue weighted by molar-refractivity contribution is 5.88. The van der Waals surface area contributed by atoms with E-state index in [0.29, 0.717) is 6.54 Å². The van der Waals surface area contributed by atoms with Crippen LogP contribution in [0.15, 0.2) is 24.3 Å². The molecule has 0 aliphatic carbocycles. The van der Waals surface area contributed by atoms with Gasteiger partial charge >= 0.3 is 0 Å². The fraction of sp³-hybridized carbons (Fsp3) is 0.533. The molecule has 0 saturated heterocycles. The van der Waals surface area contributed by atoms with Crippen LogP contribution < -0.4 is 10.6 Å². The second-order valence-electron chi connectivity index (χ2n) is 5.20. The minimum absolute atomic E-state index is 0.0679. The molecule has 1 unspecified atom stereocenters. The van der Waals surface area contributed by atoms with E-state index < -0.39 is 0 Å². The molecular weight excluding hydrogens is 240 g/mol. The predicted octanol–water partition coefficient (Wildman–Crippen LogP) is 2.29. The van der Waals surface area contributed by atoms with Crippen molar-refractivity contribution in [2.45, 2.75) is 45.7 Å². The molecule has 0 bridgehead atoms. The van der Waals surface area contributed by atoms with Gasteiger partial charge in [0.25, 0.3) is 0 Å². The topological polar surface area (TPSA) is 61.4 Å². The van der Waals surface area contributed by atoms with Crippen molar-refractivity contribution >= 4 is 11.6 Å². The molecule has 106 valence electrons.